The fourth-order valence-corrected chi connectivity index (χ4v) is 1.89. The molecule has 5 heteroatoms. The van der Waals surface area contributed by atoms with Gasteiger partial charge in [0.05, 0.1) is 0 Å². The molecule has 0 aliphatic heterocycles. The lowest BCUT2D eigenvalue weighted by molar-refractivity contribution is 0.296. The Labute approximate surface area is 97.7 Å². The highest BCUT2D eigenvalue weighted by Crippen LogP contribution is 2.21. The number of thioether (sulfide) groups is 1. The van der Waals surface area contributed by atoms with Crippen LogP contribution < -0.4 is 0 Å². The van der Waals surface area contributed by atoms with Gasteiger partial charge in [-0.15, -0.1) is 0 Å². The molecule has 16 heavy (non-hydrogen) atoms. The van der Waals surface area contributed by atoms with Crippen LogP contribution in [0.4, 0.5) is 0 Å². The molecule has 0 aliphatic carbocycles. The Balaban J connectivity index is 2.02. The molecule has 0 aliphatic rings. The Hall–Kier alpha value is -1.33. The SMILES string of the molecule is OCCCSc1nc(-c2ccccc2)no1. The van der Waals surface area contributed by atoms with Gasteiger partial charge in [0.15, 0.2) is 0 Å². The van der Waals surface area contributed by atoms with Gasteiger partial charge in [-0.2, -0.15) is 4.98 Å². The molecule has 0 bridgehead atoms. The summed E-state index contributed by atoms with van der Waals surface area (Å²) in [5, 5.41) is 13.1. The maximum Gasteiger partial charge on any atom is 0.286 e. The molecule has 0 radical (unpaired) electrons. The zero-order valence-corrected chi connectivity index (χ0v) is 9.48. The topological polar surface area (TPSA) is 59.2 Å². The molecule has 1 aromatic carbocycles. The van der Waals surface area contributed by atoms with Crippen molar-refractivity contribution in [3.8, 4) is 11.4 Å². The summed E-state index contributed by atoms with van der Waals surface area (Å²) in [5.41, 5.74) is 0.945. The maximum atomic E-state index is 8.65. The summed E-state index contributed by atoms with van der Waals surface area (Å²) < 4.78 is 5.09. The summed E-state index contributed by atoms with van der Waals surface area (Å²) in [6, 6.07) is 9.69. The average molecular weight is 236 g/mol. The second-order valence-corrected chi connectivity index (χ2v) is 4.22. The molecule has 0 unspecified atom stereocenters. The third kappa shape index (κ3) is 2.84. The van der Waals surface area contributed by atoms with Crippen molar-refractivity contribution in [2.45, 2.75) is 11.6 Å². The lowest BCUT2D eigenvalue weighted by Gasteiger charge is -1.91. The fourth-order valence-electron chi connectivity index (χ4n) is 1.20. The van der Waals surface area contributed by atoms with Gasteiger partial charge in [0.1, 0.15) is 0 Å². The second-order valence-electron chi connectivity index (χ2n) is 3.18. The van der Waals surface area contributed by atoms with E-state index in [1.165, 1.54) is 11.8 Å². The van der Waals surface area contributed by atoms with Crippen molar-refractivity contribution >= 4 is 11.8 Å². The normalized spacial score (nSPS) is 10.6. The van der Waals surface area contributed by atoms with Crippen LogP contribution in [0.25, 0.3) is 11.4 Å². The molecule has 2 aromatic rings. The average Bonchev–Trinajstić information content (AvgIpc) is 2.79. The molecule has 2 rings (SSSR count). The summed E-state index contributed by atoms with van der Waals surface area (Å²) in [6.07, 6.45) is 0.730. The first-order valence-electron chi connectivity index (χ1n) is 5.03. The number of hydrogen-bond donors (Lipinski definition) is 1. The van der Waals surface area contributed by atoms with Gasteiger partial charge in [-0.1, -0.05) is 47.3 Å². The van der Waals surface area contributed by atoms with E-state index in [4.69, 9.17) is 9.63 Å². The Morgan fingerprint density at radius 3 is 2.81 bits per heavy atom. The van der Waals surface area contributed by atoms with E-state index in [1.54, 1.807) is 0 Å². The van der Waals surface area contributed by atoms with E-state index in [-0.39, 0.29) is 6.61 Å². The lowest BCUT2D eigenvalue weighted by Crippen LogP contribution is -1.85. The zero-order chi connectivity index (χ0) is 11.2. The zero-order valence-electron chi connectivity index (χ0n) is 8.67. The number of nitrogens with zero attached hydrogens (tertiary/aromatic N) is 2. The Morgan fingerprint density at radius 2 is 2.06 bits per heavy atom. The van der Waals surface area contributed by atoms with Gasteiger partial charge in [-0.25, -0.2) is 0 Å². The van der Waals surface area contributed by atoms with E-state index >= 15 is 0 Å². The first-order chi connectivity index (χ1) is 7.90. The summed E-state index contributed by atoms with van der Waals surface area (Å²) in [6.45, 7) is 0.187. The van der Waals surface area contributed by atoms with Gasteiger partial charge in [-0.3, -0.25) is 0 Å². The quantitative estimate of drug-likeness (QED) is 0.637. The summed E-state index contributed by atoms with van der Waals surface area (Å²) in [4.78, 5) is 4.26. The minimum atomic E-state index is 0.187. The molecule has 0 atom stereocenters. The third-order valence-corrected chi connectivity index (χ3v) is 2.87. The molecule has 0 spiro atoms. The first-order valence-corrected chi connectivity index (χ1v) is 6.01. The molecular weight excluding hydrogens is 224 g/mol. The van der Waals surface area contributed by atoms with Crippen molar-refractivity contribution in [1.29, 1.82) is 0 Å². The van der Waals surface area contributed by atoms with E-state index in [1.807, 2.05) is 30.3 Å². The summed E-state index contributed by atoms with van der Waals surface area (Å²) >= 11 is 1.46. The molecule has 0 saturated carbocycles. The minimum absolute atomic E-state index is 0.187. The summed E-state index contributed by atoms with van der Waals surface area (Å²) in [5.74, 6) is 1.39. The lowest BCUT2D eigenvalue weighted by atomic mass is 10.2. The molecule has 0 fully saturated rings. The van der Waals surface area contributed by atoms with E-state index in [0.29, 0.717) is 11.0 Å². The van der Waals surface area contributed by atoms with E-state index in [9.17, 15) is 0 Å². The molecule has 1 heterocycles. The largest absolute Gasteiger partial charge is 0.396 e. The van der Waals surface area contributed by atoms with Gasteiger partial charge < -0.3 is 9.63 Å². The highest BCUT2D eigenvalue weighted by Gasteiger charge is 2.07. The number of aliphatic hydroxyl groups is 1. The monoisotopic (exact) mass is 236 g/mol. The van der Waals surface area contributed by atoms with Crippen molar-refractivity contribution in [2.24, 2.45) is 0 Å². The number of rotatable bonds is 5. The molecule has 1 N–H and O–H groups in total. The van der Waals surface area contributed by atoms with Crippen LogP contribution in [0.5, 0.6) is 0 Å². The van der Waals surface area contributed by atoms with Gasteiger partial charge in [0.25, 0.3) is 5.22 Å². The third-order valence-electron chi connectivity index (χ3n) is 1.97. The van der Waals surface area contributed by atoms with Crippen molar-refractivity contribution in [3.05, 3.63) is 30.3 Å². The van der Waals surface area contributed by atoms with Crippen LogP contribution in [0.3, 0.4) is 0 Å². The van der Waals surface area contributed by atoms with Crippen molar-refractivity contribution < 1.29 is 9.63 Å². The Morgan fingerprint density at radius 1 is 1.25 bits per heavy atom. The van der Waals surface area contributed by atoms with Gasteiger partial charge in [0, 0.05) is 17.9 Å². The van der Waals surface area contributed by atoms with Gasteiger partial charge >= 0.3 is 0 Å². The number of benzene rings is 1. The van der Waals surface area contributed by atoms with Crippen LogP contribution in [0.1, 0.15) is 6.42 Å². The molecule has 4 nitrogen and oxygen atoms in total. The molecule has 0 saturated heterocycles. The number of hydrogen-bond acceptors (Lipinski definition) is 5. The smallest absolute Gasteiger partial charge is 0.286 e. The molecule has 84 valence electrons. The van der Waals surface area contributed by atoms with Crippen LogP contribution in [0.15, 0.2) is 40.1 Å². The standard InChI is InChI=1S/C11H12N2O2S/c14-7-4-8-16-11-12-10(13-15-11)9-5-2-1-3-6-9/h1-3,5-6,14H,4,7-8H2. The van der Waals surface area contributed by atoms with E-state index < -0.39 is 0 Å². The highest BCUT2D eigenvalue weighted by atomic mass is 32.2. The maximum absolute atomic E-state index is 8.65. The predicted octanol–water partition coefficient (Wildman–Crippen LogP) is 2.21. The van der Waals surface area contributed by atoms with E-state index in [0.717, 1.165) is 17.7 Å². The van der Waals surface area contributed by atoms with Crippen molar-refractivity contribution in [2.75, 3.05) is 12.4 Å². The Bertz CT molecular complexity index is 431. The predicted molar refractivity (Wildman–Crippen MR) is 62.2 cm³/mol. The van der Waals surface area contributed by atoms with Crippen LogP contribution >= 0.6 is 11.8 Å². The van der Waals surface area contributed by atoms with Gasteiger partial charge in [0.2, 0.25) is 5.82 Å². The van der Waals surface area contributed by atoms with Crippen LogP contribution in [-0.4, -0.2) is 27.6 Å². The second kappa shape index (κ2) is 5.67. The van der Waals surface area contributed by atoms with Crippen molar-refractivity contribution in [1.82, 2.24) is 10.1 Å². The van der Waals surface area contributed by atoms with Crippen LogP contribution in [0, 0.1) is 0 Å². The Kier molecular flexibility index (Phi) is 3.96. The number of aliphatic hydroxyl groups excluding tert-OH is 1. The van der Waals surface area contributed by atoms with Crippen LogP contribution in [0.2, 0.25) is 0 Å². The molecular formula is C11H12N2O2S. The van der Waals surface area contributed by atoms with E-state index in [2.05, 4.69) is 10.1 Å². The van der Waals surface area contributed by atoms with Crippen molar-refractivity contribution in [3.63, 3.8) is 0 Å². The molecule has 1 aromatic heterocycles. The summed E-state index contributed by atoms with van der Waals surface area (Å²) in [7, 11) is 0. The fraction of sp³-hybridized carbons (Fsp3) is 0.273. The first kappa shape index (κ1) is 11.2. The van der Waals surface area contributed by atoms with Crippen LogP contribution in [-0.2, 0) is 0 Å². The molecule has 0 amide bonds. The number of aromatic nitrogens is 2. The minimum Gasteiger partial charge on any atom is -0.396 e. The van der Waals surface area contributed by atoms with Gasteiger partial charge in [-0.05, 0) is 6.42 Å². The highest BCUT2D eigenvalue weighted by molar-refractivity contribution is 7.99.